The summed E-state index contributed by atoms with van der Waals surface area (Å²) in [6.45, 7) is -0.200. The molecule has 0 aliphatic rings. The van der Waals surface area contributed by atoms with Gasteiger partial charge in [-0.1, -0.05) is 18.2 Å². The van der Waals surface area contributed by atoms with Crippen LogP contribution >= 0.6 is 0 Å². The van der Waals surface area contributed by atoms with Crippen LogP contribution in [0.2, 0.25) is 0 Å². The minimum absolute atomic E-state index is 0.149. The summed E-state index contributed by atoms with van der Waals surface area (Å²) < 4.78 is 27.0. The number of H-pyrrole nitrogens is 1. The molecule has 0 saturated heterocycles. The first kappa shape index (κ1) is 13.3. The molecule has 5 heteroatoms. The molecular formula is C16H12F2N2O. The molecule has 3 rings (SSSR count). The van der Waals surface area contributed by atoms with Gasteiger partial charge in [0.05, 0.1) is 11.1 Å². The van der Waals surface area contributed by atoms with Crippen molar-refractivity contribution in [3.05, 3.63) is 71.4 Å². The van der Waals surface area contributed by atoms with Crippen molar-refractivity contribution in [1.82, 2.24) is 10.3 Å². The summed E-state index contributed by atoms with van der Waals surface area (Å²) in [5.41, 5.74) is 0.989. The van der Waals surface area contributed by atoms with Gasteiger partial charge in [0.15, 0.2) is 0 Å². The van der Waals surface area contributed by atoms with E-state index in [1.165, 1.54) is 6.07 Å². The van der Waals surface area contributed by atoms with Crippen molar-refractivity contribution in [1.29, 1.82) is 0 Å². The Morgan fingerprint density at radius 2 is 1.76 bits per heavy atom. The molecule has 0 radical (unpaired) electrons. The Balaban J connectivity index is 1.83. The molecule has 0 bridgehead atoms. The van der Waals surface area contributed by atoms with Gasteiger partial charge in [0.2, 0.25) is 0 Å². The number of hydrogen-bond donors (Lipinski definition) is 2. The average Bonchev–Trinajstić information content (AvgIpc) is 2.94. The molecule has 1 aromatic heterocycles. The smallest absolute Gasteiger partial charge is 0.253 e. The third kappa shape index (κ3) is 2.50. The van der Waals surface area contributed by atoms with E-state index in [2.05, 4.69) is 10.3 Å². The molecule has 0 fully saturated rings. The van der Waals surface area contributed by atoms with Crippen LogP contribution in [0.4, 0.5) is 8.78 Å². The van der Waals surface area contributed by atoms with Gasteiger partial charge < -0.3 is 10.3 Å². The number of rotatable bonds is 3. The van der Waals surface area contributed by atoms with Gasteiger partial charge in [0.1, 0.15) is 11.6 Å². The monoisotopic (exact) mass is 286 g/mol. The van der Waals surface area contributed by atoms with Crippen molar-refractivity contribution < 1.29 is 13.6 Å². The molecule has 1 heterocycles. The number of halogens is 2. The van der Waals surface area contributed by atoms with Crippen molar-refractivity contribution in [2.24, 2.45) is 0 Å². The van der Waals surface area contributed by atoms with E-state index in [1.807, 2.05) is 12.1 Å². The van der Waals surface area contributed by atoms with E-state index in [4.69, 9.17) is 0 Å². The Morgan fingerprint density at radius 1 is 1.05 bits per heavy atom. The number of carbonyl (C=O) groups is 1. The van der Waals surface area contributed by atoms with Crippen LogP contribution < -0.4 is 5.32 Å². The van der Waals surface area contributed by atoms with E-state index in [-0.39, 0.29) is 18.0 Å². The number of fused-ring (bicyclic) bond motifs is 1. The molecule has 2 N–H and O–H groups in total. The Bertz CT molecular complexity index is 791. The molecule has 0 aliphatic carbocycles. The Hall–Kier alpha value is -2.69. The lowest BCUT2D eigenvalue weighted by Gasteiger charge is -2.08. The standard InChI is InChI=1S/C16H12F2N2O/c17-13-5-2-6-14(18)12(13)9-20-16(21)11-4-1-3-10-7-8-19-15(10)11/h1-8,19H,9H2,(H,20,21). The molecule has 3 nitrogen and oxygen atoms in total. The summed E-state index contributed by atoms with van der Waals surface area (Å²) in [7, 11) is 0. The Morgan fingerprint density at radius 3 is 2.52 bits per heavy atom. The second-order valence-electron chi connectivity index (χ2n) is 4.63. The number of para-hydroxylation sites is 1. The summed E-state index contributed by atoms with van der Waals surface area (Å²) in [6, 6.07) is 10.8. The third-order valence-electron chi connectivity index (χ3n) is 3.32. The zero-order valence-corrected chi connectivity index (χ0v) is 11.0. The quantitative estimate of drug-likeness (QED) is 0.761. The number of hydrogen-bond acceptors (Lipinski definition) is 1. The van der Waals surface area contributed by atoms with Gasteiger partial charge in [0.25, 0.3) is 5.91 Å². The van der Waals surface area contributed by atoms with Gasteiger partial charge in [-0.05, 0) is 24.3 Å². The zero-order chi connectivity index (χ0) is 14.8. The molecule has 21 heavy (non-hydrogen) atoms. The maximum Gasteiger partial charge on any atom is 0.253 e. The highest BCUT2D eigenvalue weighted by Crippen LogP contribution is 2.17. The topological polar surface area (TPSA) is 44.9 Å². The first-order chi connectivity index (χ1) is 10.2. The van der Waals surface area contributed by atoms with Crippen LogP contribution in [-0.2, 0) is 6.54 Å². The predicted molar refractivity (Wildman–Crippen MR) is 75.8 cm³/mol. The summed E-state index contributed by atoms with van der Waals surface area (Å²) >= 11 is 0. The highest BCUT2D eigenvalue weighted by atomic mass is 19.1. The Labute approximate surface area is 119 Å². The minimum atomic E-state index is -0.673. The molecule has 2 aromatic carbocycles. The third-order valence-corrected chi connectivity index (χ3v) is 3.32. The van der Waals surface area contributed by atoms with Crippen molar-refractivity contribution in [3.63, 3.8) is 0 Å². The van der Waals surface area contributed by atoms with Crippen LogP contribution in [0, 0.1) is 11.6 Å². The van der Waals surface area contributed by atoms with Gasteiger partial charge in [-0.2, -0.15) is 0 Å². The SMILES string of the molecule is O=C(NCc1c(F)cccc1F)c1cccc2cc[nH]c12. The normalized spacial score (nSPS) is 10.8. The molecule has 0 spiro atoms. The molecular weight excluding hydrogens is 274 g/mol. The number of carbonyl (C=O) groups excluding carboxylic acids is 1. The first-order valence-corrected chi connectivity index (χ1v) is 6.44. The van der Waals surface area contributed by atoms with E-state index in [9.17, 15) is 13.6 Å². The lowest BCUT2D eigenvalue weighted by atomic mass is 10.1. The van der Waals surface area contributed by atoms with Gasteiger partial charge in [-0.25, -0.2) is 8.78 Å². The number of amides is 1. The van der Waals surface area contributed by atoms with Crippen LogP contribution in [0.1, 0.15) is 15.9 Å². The van der Waals surface area contributed by atoms with Crippen molar-refractivity contribution in [2.45, 2.75) is 6.54 Å². The summed E-state index contributed by atoms with van der Waals surface area (Å²) in [4.78, 5) is 15.2. The summed E-state index contributed by atoms with van der Waals surface area (Å²) in [5, 5.41) is 3.44. The lowest BCUT2D eigenvalue weighted by Crippen LogP contribution is -2.24. The molecule has 0 atom stereocenters. The first-order valence-electron chi connectivity index (χ1n) is 6.44. The van der Waals surface area contributed by atoms with Gasteiger partial charge in [0, 0.05) is 23.7 Å². The summed E-state index contributed by atoms with van der Waals surface area (Å²) in [5.74, 6) is -1.73. The fourth-order valence-corrected chi connectivity index (χ4v) is 2.24. The van der Waals surface area contributed by atoms with Crippen molar-refractivity contribution >= 4 is 16.8 Å². The molecule has 0 saturated carbocycles. The average molecular weight is 286 g/mol. The predicted octanol–water partition coefficient (Wildman–Crippen LogP) is 3.38. The lowest BCUT2D eigenvalue weighted by molar-refractivity contribution is 0.0952. The van der Waals surface area contributed by atoms with Gasteiger partial charge >= 0.3 is 0 Å². The second-order valence-corrected chi connectivity index (χ2v) is 4.63. The van der Waals surface area contributed by atoms with E-state index >= 15 is 0 Å². The number of nitrogens with one attached hydrogen (secondary N) is 2. The molecule has 106 valence electrons. The van der Waals surface area contributed by atoms with Crippen molar-refractivity contribution in [3.8, 4) is 0 Å². The highest BCUT2D eigenvalue weighted by molar-refractivity contribution is 6.05. The second kappa shape index (κ2) is 5.36. The number of benzene rings is 2. The zero-order valence-electron chi connectivity index (χ0n) is 11.0. The van der Waals surface area contributed by atoms with E-state index in [1.54, 1.807) is 18.3 Å². The van der Waals surface area contributed by atoms with Crippen LogP contribution in [0.25, 0.3) is 10.9 Å². The molecule has 3 aromatic rings. The maximum absolute atomic E-state index is 13.5. The number of aromatic nitrogens is 1. The number of aromatic amines is 1. The minimum Gasteiger partial charge on any atom is -0.361 e. The maximum atomic E-state index is 13.5. The fraction of sp³-hybridized carbons (Fsp3) is 0.0625. The fourth-order valence-electron chi connectivity index (χ4n) is 2.24. The van der Waals surface area contributed by atoms with Crippen LogP contribution in [0.15, 0.2) is 48.7 Å². The van der Waals surface area contributed by atoms with Gasteiger partial charge in [-0.3, -0.25) is 4.79 Å². The van der Waals surface area contributed by atoms with Crippen LogP contribution in [0.5, 0.6) is 0 Å². The van der Waals surface area contributed by atoms with Crippen LogP contribution in [-0.4, -0.2) is 10.9 Å². The van der Waals surface area contributed by atoms with E-state index in [0.717, 1.165) is 17.5 Å². The molecule has 1 amide bonds. The largest absolute Gasteiger partial charge is 0.361 e. The summed E-state index contributed by atoms with van der Waals surface area (Å²) in [6.07, 6.45) is 1.73. The van der Waals surface area contributed by atoms with Gasteiger partial charge in [-0.15, -0.1) is 0 Å². The highest BCUT2D eigenvalue weighted by Gasteiger charge is 2.13. The molecule has 0 unspecified atom stereocenters. The van der Waals surface area contributed by atoms with E-state index < -0.39 is 11.6 Å². The van der Waals surface area contributed by atoms with Crippen LogP contribution in [0.3, 0.4) is 0 Å². The van der Waals surface area contributed by atoms with Crippen molar-refractivity contribution in [2.75, 3.05) is 0 Å². The van der Waals surface area contributed by atoms with E-state index in [0.29, 0.717) is 11.1 Å². The Kier molecular flexibility index (Phi) is 3.39. The molecule has 0 aliphatic heterocycles.